The highest BCUT2D eigenvalue weighted by atomic mass is 127. The van der Waals surface area contributed by atoms with E-state index in [4.69, 9.17) is 0 Å². The van der Waals surface area contributed by atoms with E-state index < -0.39 is 0 Å². The van der Waals surface area contributed by atoms with Gasteiger partial charge in [-0.2, -0.15) is 0 Å². The number of fused-ring (bicyclic) bond motifs is 1. The van der Waals surface area contributed by atoms with Crippen molar-refractivity contribution in [2.24, 2.45) is 0 Å². The van der Waals surface area contributed by atoms with Crippen LogP contribution in [0.25, 0.3) is 10.8 Å². The molecule has 0 unspecified atom stereocenters. The molecule has 0 bridgehead atoms. The van der Waals surface area contributed by atoms with Crippen LogP contribution >= 0.6 is 22.6 Å². The minimum Gasteiger partial charge on any atom is -0.0616 e. The van der Waals surface area contributed by atoms with Gasteiger partial charge in [0.15, 0.2) is 0 Å². The number of benzene rings is 2. The predicted molar refractivity (Wildman–Crippen MR) is 80.1 cm³/mol. The van der Waals surface area contributed by atoms with Gasteiger partial charge < -0.3 is 0 Å². The molecule has 2 aromatic rings. The van der Waals surface area contributed by atoms with Crippen LogP contribution in [0.2, 0.25) is 0 Å². The van der Waals surface area contributed by atoms with Crippen molar-refractivity contribution in [3.05, 3.63) is 45.0 Å². The van der Waals surface area contributed by atoms with Crippen molar-refractivity contribution in [1.82, 2.24) is 0 Å². The fraction of sp³-hybridized carbons (Fsp3) is 0.333. The van der Waals surface area contributed by atoms with Gasteiger partial charge in [0, 0.05) is 3.57 Å². The molecule has 84 valence electrons. The summed E-state index contributed by atoms with van der Waals surface area (Å²) >= 11 is 2.47. The lowest BCUT2D eigenvalue weighted by molar-refractivity contribution is 0.586. The van der Waals surface area contributed by atoms with Crippen molar-refractivity contribution in [2.75, 3.05) is 0 Å². The molecule has 0 nitrogen and oxygen atoms in total. The van der Waals surface area contributed by atoms with Crippen molar-refractivity contribution in [3.63, 3.8) is 0 Å². The second-order valence-electron chi connectivity index (χ2n) is 5.33. The lowest BCUT2D eigenvalue weighted by atomic mass is 9.83. The molecule has 2 rings (SSSR count). The normalized spacial score (nSPS) is 12.1. The van der Waals surface area contributed by atoms with Gasteiger partial charge in [0.2, 0.25) is 0 Å². The molecule has 0 saturated carbocycles. The second kappa shape index (κ2) is 4.02. The number of hydrogen-bond acceptors (Lipinski definition) is 0. The fourth-order valence-electron chi connectivity index (χ4n) is 2.19. The molecule has 0 aliphatic rings. The highest BCUT2D eigenvalue weighted by Gasteiger charge is 2.18. The highest BCUT2D eigenvalue weighted by Crippen LogP contribution is 2.33. The standard InChI is InChI=1S/C15H17I/c1-10-13(15(2,3)4)9-11-7-5-6-8-12(11)14(10)16/h5-9H,1-4H3. The van der Waals surface area contributed by atoms with Crippen LogP contribution in [0.5, 0.6) is 0 Å². The van der Waals surface area contributed by atoms with E-state index in [2.05, 4.69) is 80.6 Å². The monoisotopic (exact) mass is 324 g/mol. The Morgan fingerprint density at radius 3 is 2.31 bits per heavy atom. The van der Waals surface area contributed by atoms with Crippen LogP contribution in [0, 0.1) is 10.5 Å². The van der Waals surface area contributed by atoms with Crippen LogP contribution in [-0.2, 0) is 5.41 Å². The lowest BCUT2D eigenvalue weighted by Crippen LogP contribution is -2.13. The minimum atomic E-state index is 0.216. The van der Waals surface area contributed by atoms with Gasteiger partial charge in [0.25, 0.3) is 0 Å². The van der Waals surface area contributed by atoms with Gasteiger partial charge in [-0.05, 0) is 56.8 Å². The van der Waals surface area contributed by atoms with Crippen molar-refractivity contribution in [1.29, 1.82) is 0 Å². The van der Waals surface area contributed by atoms with Crippen molar-refractivity contribution in [3.8, 4) is 0 Å². The molecule has 0 radical (unpaired) electrons. The topological polar surface area (TPSA) is 0 Å². The number of hydrogen-bond donors (Lipinski definition) is 0. The van der Waals surface area contributed by atoms with E-state index in [-0.39, 0.29) is 5.41 Å². The molecule has 0 aliphatic carbocycles. The zero-order valence-corrected chi connectivity index (χ0v) is 12.4. The first-order chi connectivity index (χ1) is 7.41. The maximum Gasteiger partial charge on any atom is 0.0240 e. The third-order valence-corrected chi connectivity index (χ3v) is 4.43. The Bertz CT molecular complexity index is 533. The Kier molecular flexibility index (Phi) is 2.99. The third-order valence-electron chi connectivity index (χ3n) is 3.04. The lowest BCUT2D eigenvalue weighted by Gasteiger charge is -2.23. The predicted octanol–water partition coefficient (Wildman–Crippen LogP) is 5.05. The summed E-state index contributed by atoms with van der Waals surface area (Å²) in [6.07, 6.45) is 0. The summed E-state index contributed by atoms with van der Waals surface area (Å²) in [5.41, 5.74) is 3.09. The van der Waals surface area contributed by atoms with E-state index in [9.17, 15) is 0 Å². The van der Waals surface area contributed by atoms with E-state index in [0.29, 0.717) is 0 Å². The molecule has 0 heterocycles. The van der Waals surface area contributed by atoms with Crippen LogP contribution in [0.15, 0.2) is 30.3 Å². The maximum atomic E-state index is 2.47. The Balaban J connectivity index is 2.84. The van der Waals surface area contributed by atoms with Crippen molar-refractivity contribution >= 4 is 33.4 Å². The Labute approximate surface area is 111 Å². The molecular formula is C15H17I. The SMILES string of the molecule is Cc1c(C(C)(C)C)cc2ccccc2c1I. The molecule has 0 saturated heterocycles. The van der Waals surface area contributed by atoms with Gasteiger partial charge in [-0.15, -0.1) is 0 Å². The summed E-state index contributed by atoms with van der Waals surface area (Å²) < 4.78 is 1.39. The van der Waals surface area contributed by atoms with Crippen molar-refractivity contribution in [2.45, 2.75) is 33.1 Å². The van der Waals surface area contributed by atoms with Gasteiger partial charge in [0.1, 0.15) is 0 Å². The number of halogens is 1. The van der Waals surface area contributed by atoms with Crippen LogP contribution in [0.4, 0.5) is 0 Å². The molecule has 0 fully saturated rings. The van der Waals surface area contributed by atoms with Crippen molar-refractivity contribution < 1.29 is 0 Å². The third kappa shape index (κ3) is 1.97. The van der Waals surface area contributed by atoms with Crippen LogP contribution < -0.4 is 0 Å². The van der Waals surface area contributed by atoms with Crippen LogP contribution in [0.3, 0.4) is 0 Å². The van der Waals surface area contributed by atoms with E-state index in [1.807, 2.05) is 0 Å². The zero-order valence-electron chi connectivity index (χ0n) is 10.3. The Hall–Kier alpha value is -0.570. The summed E-state index contributed by atoms with van der Waals surface area (Å²) in [5, 5.41) is 2.72. The summed E-state index contributed by atoms with van der Waals surface area (Å²) in [7, 11) is 0. The first-order valence-corrected chi connectivity index (χ1v) is 6.67. The second-order valence-corrected chi connectivity index (χ2v) is 6.41. The molecular weight excluding hydrogens is 307 g/mol. The van der Waals surface area contributed by atoms with Crippen LogP contribution in [0.1, 0.15) is 31.9 Å². The average Bonchev–Trinajstić information content (AvgIpc) is 2.22. The molecule has 0 aliphatic heterocycles. The quantitative estimate of drug-likeness (QED) is 0.595. The molecule has 0 spiro atoms. The fourth-order valence-corrected chi connectivity index (χ4v) is 2.97. The maximum absolute atomic E-state index is 2.47. The molecule has 2 aromatic carbocycles. The molecule has 0 aromatic heterocycles. The smallest absolute Gasteiger partial charge is 0.0240 e. The first kappa shape index (κ1) is 11.9. The van der Waals surface area contributed by atoms with E-state index in [1.54, 1.807) is 0 Å². The van der Waals surface area contributed by atoms with Gasteiger partial charge in [-0.3, -0.25) is 0 Å². The number of rotatable bonds is 0. The van der Waals surface area contributed by atoms with E-state index in [1.165, 1.54) is 25.5 Å². The van der Waals surface area contributed by atoms with Gasteiger partial charge >= 0.3 is 0 Å². The Morgan fingerprint density at radius 1 is 1.06 bits per heavy atom. The van der Waals surface area contributed by atoms with Gasteiger partial charge in [0.05, 0.1) is 0 Å². The largest absolute Gasteiger partial charge is 0.0616 e. The summed E-state index contributed by atoms with van der Waals surface area (Å²) in [6, 6.07) is 11.0. The van der Waals surface area contributed by atoms with Gasteiger partial charge in [-0.25, -0.2) is 0 Å². The van der Waals surface area contributed by atoms with Crippen LogP contribution in [-0.4, -0.2) is 0 Å². The molecule has 16 heavy (non-hydrogen) atoms. The summed E-state index contributed by atoms with van der Waals surface area (Å²) in [6.45, 7) is 9.06. The molecule has 0 amide bonds. The minimum absolute atomic E-state index is 0.216. The molecule has 0 atom stereocenters. The summed E-state index contributed by atoms with van der Waals surface area (Å²) in [5.74, 6) is 0. The van der Waals surface area contributed by atoms with E-state index >= 15 is 0 Å². The zero-order chi connectivity index (χ0) is 11.9. The average molecular weight is 324 g/mol. The highest BCUT2D eigenvalue weighted by molar-refractivity contribution is 14.1. The molecule has 1 heteroatoms. The van der Waals surface area contributed by atoms with E-state index in [0.717, 1.165) is 0 Å². The summed E-state index contributed by atoms with van der Waals surface area (Å²) in [4.78, 5) is 0. The molecule has 0 N–H and O–H groups in total. The first-order valence-electron chi connectivity index (χ1n) is 5.59. The van der Waals surface area contributed by atoms with Gasteiger partial charge in [-0.1, -0.05) is 51.1 Å². The Morgan fingerprint density at radius 2 is 1.69 bits per heavy atom.